The normalized spacial score (nSPS) is 10.7. The second-order valence-electron chi connectivity index (χ2n) is 4.43. The highest BCUT2D eigenvalue weighted by Crippen LogP contribution is 2.25. The quantitative estimate of drug-likeness (QED) is 0.850. The molecule has 2 N–H and O–H groups in total. The molecule has 2 rings (SSSR count). The minimum atomic E-state index is -0.647. The Bertz CT molecular complexity index is 632. The fourth-order valence-corrected chi connectivity index (χ4v) is 2.23. The van der Waals surface area contributed by atoms with Gasteiger partial charge in [-0.2, -0.15) is 0 Å². The van der Waals surface area contributed by atoms with E-state index in [1.165, 1.54) is 12.1 Å². The Morgan fingerprint density at radius 2 is 1.95 bits per heavy atom. The minimum absolute atomic E-state index is 0.108. The first kappa shape index (κ1) is 14.9. The van der Waals surface area contributed by atoms with E-state index in [1.807, 2.05) is 19.1 Å². The number of halogens is 3. The molecule has 0 amide bonds. The number of benzene rings is 2. The molecular weight excluding hydrogens is 328 g/mol. The predicted molar refractivity (Wildman–Crippen MR) is 77.5 cm³/mol. The molecule has 2 nitrogen and oxygen atoms in total. The molecule has 2 aromatic carbocycles. The first-order chi connectivity index (χ1) is 9.52. The summed E-state index contributed by atoms with van der Waals surface area (Å²) in [6, 6.07) is 8.03. The number of rotatable bonds is 4. The average Bonchev–Trinajstić information content (AvgIpc) is 2.44. The Morgan fingerprint density at radius 1 is 1.20 bits per heavy atom. The van der Waals surface area contributed by atoms with Crippen molar-refractivity contribution in [3.05, 3.63) is 63.1 Å². The molecule has 0 saturated carbocycles. The largest absolute Gasteiger partial charge is 0.488 e. The van der Waals surface area contributed by atoms with E-state index in [2.05, 4.69) is 15.9 Å². The lowest BCUT2D eigenvalue weighted by Gasteiger charge is -2.12. The van der Waals surface area contributed by atoms with E-state index in [0.717, 1.165) is 11.1 Å². The van der Waals surface area contributed by atoms with Crippen LogP contribution in [0.3, 0.4) is 0 Å². The van der Waals surface area contributed by atoms with Gasteiger partial charge in [0.2, 0.25) is 0 Å². The van der Waals surface area contributed by atoms with Gasteiger partial charge >= 0.3 is 0 Å². The van der Waals surface area contributed by atoms with Crippen LogP contribution in [-0.4, -0.2) is 0 Å². The van der Waals surface area contributed by atoms with E-state index in [0.29, 0.717) is 12.3 Å². The lowest BCUT2D eigenvalue weighted by Crippen LogP contribution is -2.06. The van der Waals surface area contributed by atoms with E-state index in [1.54, 1.807) is 6.07 Å². The second kappa shape index (κ2) is 6.33. The molecule has 106 valence electrons. The molecule has 0 aliphatic heterocycles. The summed E-state index contributed by atoms with van der Waals surface area (Å²) >= 11 is 3.03. The lowest BCUT2D eigenvalue weighted by atomic mass is 10.1. The van der Waals surface area contributed by atoms with Crippen molar-refractivity contribution in [2.24, 2.45) is 5.73 Å². The fraction of sp³-hybridized carbons (Fsp3) is 0.200. The highest BCUT2D eigenvalue weighted by Gasteiger charge is 2.13. The molecule has 20 heavy (non-hydrogen) atoms. The van der Waals surface area contributed by atoms with Crippen LogP contribution in [0.1, 0.15) is 16.7 Å². The molecule has 0 heterocycles. The maximum Gasteiger partial charge on any atom is 0.146 e. The fourth-order valence-electron chi connectivity index (χ4n) is 1.86. The van der Waals surface area contributed by atoms with Gasteiger partial charge in [-0.1, -0.05) is 17.7 Å². The molecule has 0 aliphatic carbocycles. The summed E-state index contributed by atoms with van der Waals surface area (Å²) in [6.45, 7) is 2.06. The molecule has 0 bridgehead atoms. The minimum Gasteiger partial charge on any atom is -0.488 e. The van der Waals surface area contributed by atoms with Crippen molar-refractivity contribution < 1.29 is 13.5 Å². The molecule has 0 spiro atoms. The maximum absolute atomic E-state index is 13.8. The Morgan fingerprint density at radius 3 is 2.65 bits per heavy atom. The van der Waals surface area contributed by atoms with Gasteiger partial charge in [-0.3, -0.25) is 0 Å². The third kappa shape index (κ3) is 3.16. The summed E-state index contributed by atoms with van der Waals surface area (Å²) < 4.78 is 33.1. The second-order valence-corrected chi connectivity index (χ2v) is 5.28. The van der Waals surface area contributed by atoms with Crippen LogP contribution in [0.15, 0.2) is 34.8 Å². The van der Waals surface area contributed by atoms with Crippen LogP contribution in [0.5, 0.6) is 5.75 Å². The van der Waals surface area contributed by atoms with Crippen LogP contribution in [-0.2, 0) is 13.2 Å². The molecule has 0 aliphatic rings. The Kier molecular flexibility index (Phi) is 4.73. The molecule has 2 aromatic rings. The van der Waals surface area contributed by atoms with Crippen molar-refractivity contribution in [1.82, 2.24) is 0 Å². The van der Waals surface area contributed by atoms with E-state index >= 15 is 0 Å². The molecule has 5 heteroatoms. The number of nitrogens with two attached hydrogens (primary N) is 1. The number of ether oxygens (including phenoxy) is 1. The van der Waals surface area contributed by atoms with Crippen LogP contribution in [0.4, 0.5) is 8.78 Å². The van der Waals surface area contributed by atoms with E-state index in [-0.39, 0.29) is 16.6 Å². The van der Waals surface area contributed by atoms with Crippen molar-refractivity contribution >= 4 is 15.9 Å². The molecule has 0 aromatic heterocycles. The van der Waals surface area contributed by atoms with Crippen LogP contribution in [0.2, 0.25) is 0 Å². The Hall–Kier alpha value is -1.46. The van der Waals surface area contributed by atoms with Gasteiger partial charge in [-0.15, -0.1) is 0 Å². The van der Waals surface area contributed by atoms with Gasteiger partial charge < -0.3 is 10.5 Å². The summed E-state index contributed by atoms with van der Waals surface area (Å²) in [6.07, 6.45) is 0. The van der Waals surface area contributed by atoms with Crippen LogP contribution in [0.25, 0.3) is 0 Å². The summed E-state index contributed by atoms with van der Waals surface area (Å²) in [5, 5.41) is 0. The number of hydrogen-bond acceptors (Lipinski definition) is 2. The van der Waals surface area contributed by atoms with Crippen LogP contribution in [0, 0.1) is 18.6 Å². The lowest BCUT2D eigenvalue weighted by molar-refractivity contribution is 0.289. The first-order valence-corrected chi connectivity index (χ1v) is 6.87. The number of aryl methyl sites for hydroxylation is 1. The van der Waals surface area contributed by atoms with Crippen molar-refractivity contribution in [3.63, 3.8) is 0 Å². The smallest absolute Gasteiger partial charge is 0.146 e. The molecule has 0 saturated heterocycles. The van der Waals surface area contributed by atoms with Gasteiger partial charge in [0.1, 0.15) is 24.0 Å². The highest BCUT2D eigenvalue weighted by atomic mass is 79.9. The predicted octanol–water partition coefficient (Wildman–Crippen LogP) is 4.07. The summed E-state index contributed by atoms with van der Waals surface area (Å²) in [4.78, 5) is 0. The van der Waals surface area contributed by atoms with Gasteiger partial charge in [0.25, 0.3) is 0 Å². The maximum atomic E-state index is 13.8. The first-order valence-electron chi connectivity index (χ1n) is 6.07. The van der Waals surface area contributed by atoms with Crippen molar-refractivity contribution in [1.29, 1.82) is 0 Å². The molecule has 0 unspecified atom stereocenters. The van der Waals surface area contributed by atoms with Gasteiger partial charge in [0.05, 0.1) is 10.0 Å². The molecule has 0 fully saturated rings. The topological polar surface area (TPSA) is 35.2 Å². The molecule has 0 radical (unpaired) electrons. The summed E-state index contributed by atoms with van der Waals surface area (Å²) in [7, 11) is 0. The van der Waals surface area contributed by atoms with Crippen LogP contribution >= 0.6 is 15.9 Å². The summed E-state index contributed by atoms with van der Waals surface area (Å²) in [5.74, 6) is -0.740. The van der Waals surface area contributed by atoms with Gasteiger partial charge in [-0.05, 0) is 41.1 Å². The molecular formula is C15H14BrF2NO. The summed E-state index contributed by atoms with van der Waals surface area (Å²) in [5.41, 5.74) is 7.39. The van der Waals surface area contributed by atoms with E-state index in [4.69, 9.17) is 10.5 Å². The SMILES string of the molecule is Cc1ccc(OCc2c(F)ccc(Br)c2F)c(CN)c1. The van der Waals surface area contributed by atoms with Crippen molar-refractivity contribution in [3.8, 4) is 5.75 Å². The van der Waals surface area contributed by atoms with Gasteiger partial charge in [-0.25, -0.2) is 8.78 Å². The number of hydrogen-bond donors (Lipinski definition) is 1. The Balaban J connectivity index is 2.23. The Labute approximate surface area is 124 Å². The van der Waals surface area contributed by atoms with Crippen molar-refractivity contribution in [2.45, 2.75) is 20.1 Å². The monoisotopic (exact) mass is 341 g/mol. The standard InChI is InChI=1S/C15H14BrF2NO/c1-9-2-5-14(10(6-9)7-19)20-8-11-13(17)4-3-12(16)15(11)18/h2-6H,7-8,19H2,1H3. The third-order valence-corrected chi connectivity index (χ3v) is 3.56. The zero-order valence-electron chi connectivity index (χ0n) is 10.9. The van der Waals surface area contributed by atoms with Crippen LogP contribution < -0.4 is 10.5 Å². The van der Waals surface area contributed by atoms with Crippen molar-refractivity contribution in [2.75, 3.05) is 0 Å². The van der Waals surface area contributed by atoms with Gasteiger partial charge in [0.15, 0.2) is 0 Å². The highest BCUT2D eigenvalue weighted by molar-refractivity contribution is 9.10. The molecule has 0 atom stereocenters. The zero-order valence-corrected chi connectivity index (χ0v) is 12.5. The van der Waals surface area contributed by atoms with E-state index < -0.39 is 11.6 Å². The zero-order chi connectivity index (χ0) is 14.7. The third-order valence-electron chi connectivity index (χ3n) is 2.95. The van der Waals surface area contributed by atoms with Gasteiger partial charge in [0, 0.05) is 12.1 Å². The van der Waals surface area contributed by atoms with E-state index in [9.17, 15) is 8.78 Å². The average molecular weight is 342 g/mol.